The summed E-state index contributed by atoms with van der Waals surface area (Å²) in [4.78, 5) is 27.4. The van der Waals surface area contributed by atoms with Crippen molar-refractivity contribution >= 4 is 39.6 Å². The van der Waals surface area contributed by atoms with Crippen LogP contribution in [-0.4, -0.2) is 23.9 Å². The third-order valence-corrected chi connectivity index (χ3v) is 5.92. The number of hydrogen-bond acceptors (Lipinski definition) is 7. The number of methoxy groups -OCH3 is 1. The van der Waals surface area contributed by atoms with Gasteiger partial charge in [0, 0.05) is 17.2 Å². The van der Waals surface area contributed by atoms with Crippen molar-refractivity contribution in [3.63, 3.8) is 0 Å². The summed E-state index contributed by atoms with van der Waals surface area (Å²) < 4.78 is 17.4. The first kappa shape index (κ1) is 24.2. The van der Waals surface area contributed by atoms with E-state index in [9.17, 15) is 14.9 Å². The second kappa shape index (κ2) is 10.1. The van der Waals surface area contributed by atoms with Crippen LogP contribution in [0.1, 0.15) is 27.8 Å². The van der Waals surface area contributed by atoms with Crippen molar-refractivity contribution < 1.29 is 23.9 Å². The number of halogens is 1. The summed E-state index contributed by atoms with van der Waals surface area (Å²) in [5, 5.41) is 11.2. The highest BCUT2D eigenvalue weighted by molar-refractivity contribution is 9.10. The molecule has 0 saturated carbocycles. The van der Waals surface area contributed by atoms with Crippen LogP contribution in [0.15, 0.2) is 69.8 Å². The molecule has 1 heterocycles. The van der Waals surface area contributed by atoms with Crippen LogP contribution in [0.2, 0.25) is 0 Å². The molecule has 0 bridgehead atoms. The van der Waals surface area contributed by atoms with Gasteiger partial charge >= 0.3 is 5.97 Å². The van der Waals surface area contributed by atoms with Crippen molar-refractivity contribution in [1.82, 2.24) is 0 Å². The molecule has 8 nitrogen and oxygen atoms in total. The van der Waals surface area contributed by atoms with E-state index in [4.69, 9.17) is 14.2 Å². The summed E-state index contributed by atoms with van der Waals surface area (Å²) in [6.45, 7) is 4.02. The van der Waals surface area contributed by atoms with Crippen LogP contribution >= 0.6 is 15.9 Å². The van der Waals surface area contributed by atoms with E-state index >= 15 is 0 Å². The van der Waals surface area contributed by atoms with Gasteiger partial charge in [-0.2, -0.15) is 0 Å². The summed E-state index contributed by atoms with van der Waals surface area (Å²) in [5.74, 6) is 0.356. The van der Waals surface area contributed by atoms with Crippen LogP contribution in [0.3, 0.4) is 0 Å². The minimum absolute atomic E-state index is 0.00781. The summed E-state index contributed by atoms with van der Waals surface area (Å²) in [7, 11) is 1.53. The highest BCUT2D eigenvalue weighted by atomic mass is 79.9. The van der Waals surface area contributed by atoms with Crippen LogP contribution in [0, 0.1) is 24.0 Å². The molecule has 0 N–H and O–H groups in total. The van der Waals surface area contributed by atoms with Gasteiger partial charge in [-0.3, -0.25) is 10.1 Å². The number of nitrogens with zero attached hydrogens (tertiary/aromatic N) is 2. The predicted molar refractivity (Wildman–Crippen MR) is 135 cm³/mol. The van der Waals surface area contributed by atoms with Crippen LogP contribution in [0.25, 0.3) is 6.08 Å². The fourth-order valence-corrected chi connectivity index (χ4v) is 4.01. The number of aryl methyl sites for hydroxylation is 2. The summed E-state index contributed by atoms with van der Waals surface area (Å²) >= 11 is 3.52. The van der Waals surface area contributed by atoms with Crippen molar-refractivity contribution in [2.45, 2.75) is 20.5 Å². The average Bonchev–Trinajstić information content (AvgIpc) is 3.19. The molecule has 0 unspecified atom stereocenters. The molecule has 178 valence electrons. The Hall–Kier alpha value is -3.98. The van der Waals surface area contributed by atoms with Crippen molar-refractivity contribution in [2.75, 3.05) is 7.11 Å². The first-order valence-corrected chi connectivity index (χ1v) is 11.4. The standard InChI is InChI=1S/C26H21BrN2O6/c1-15-4-7-17(8-5-15)14-34-24-20(27)10-18(12-23(24)33-3)11-21-26(30)35-25(28-21)19-9-6-16(2)22(13-19)29(31)32/h4-13H,14H2,1-3H3. The third-order valence-electron chi connectivity index (χ3n) is 5.33. The van der Waals surface area contributed by atoms with E-state index in [0.29, 0.717) is 39.3 Å². The Morgan fingerprint density at radius 2 is 1.86 bits per heavy atom. The monoisotopic (exact) mass is 536 g/mol. The first-order valence-electron chi connectivity index (χ1n) is 10.6. The second-order valence-electron chi connectivity index (χ2n) is 7.90. The molecule has 4 rings (SSSR count). The quantitative estimate of drug-likeness (QED) is 0.161. The minimum atomic E-state index is -0.655. The smallest absolute Gasteiger partial charge is 0.363 e. The summed E-state index contributed by atoms with van der Waals surface area (Å²) in [6.07, 6.45) is 1.55. The number of carbonyl (C=O) groups is 1. The average molecular weight is 537 g/mol. The zero-order valence-electron chi connectivity index (χ0n) is 19.2. The molecule has 0 saturated heterocycles. The van der Waals surface area contributed by atoms with Crippen molar-refractivity contribution in [1.29, 1.82) is 0 Å². The van der Waals surface area contributed by atoms with E-state index in [1.807, 2.05) is 31.2 Å². The first-order chi connectivity index (χ1) is 16.7. The molecule has 1 aliphatic heterocycles. The van der Waals surface area contributed by atoms with Crippen LogP contribution in [0.4, 0.5) is 5.69 Å². The Morgan fingerprint density at radius 1 is 1.11 bits per heavy atom. The van der Waals surface area contributed by atoms with Crippen molar-refractivity contribution in [2.24, 2.45) is 4.99 Å². The lowest BCUT2D eigenvalue weighted by Crippen LogP contribution is -2.06. The normalized spacial score (nSPS) is 14.0. The Balaban J connectivity index is 1.60. The third kappa shape index (κ3) is 5.41. The molecule has 0 aromatic heterocycles. The van der Waals surface area contributed by atoms with Gasteiger partial charge in [0.15, 0.2) is 17.2 Å². The largest absolute Gasteiger partial charge is 0.493 e. The SMILES string of the molecule is COc1cc(C=C2N=C(c3ccc(C)c([N+](=O)[O-])c3)OC2=O)cc(Br)c1OCc1ccc(C)cc1. The molecule has 0 aliphatic carbocycles. The van der Waals surface area contributed by atoms with Gasteiger partial charge in [-0.05, 0) is 65.2 Å². The maximum absolute atomic E-state index is 12.4. The Bertz CT molecular complexity index is 1380. The van der Waals surface area contributed by atoms with Gasteiger partial charge in [-0.15, -0.1) is 0 Å². The van der Waals surface area contributed by atoms with E-state index in [-0.39, 0.29) is 17.3 Å². The Kier molecular flexibility index (Phi) is 6.97. The van der Waals surface area contributed by atoms with Gasteiger partial charge in [0.25, 0.3) is 5.69 Å². The van der Waals surface area contributed by atoms with Crippen LogP contribution in [-0.2, 0) is 16.1 Å². The fraction of sp³-hybridized carbons (Fsp3) is 0.154. The van der Waals surface area contributed by atoms with Crippen molar-refractivity contribution in [3.05, 3.63) is 103 Å². The Labute approximate surface area is 210 Å². The van der Waals surface area contributed by atoms with E-state index in [0.717, 1.165) is 5.56 Å². The van der Waals surface area contributed by atoms with Crippen LogP contribution < -0.4 is 9.47 Å². The zero-order chi connectivity index (χ0) is 25.1. The molecule has 0 fully saturated rings. The second-order valence-corrected chi connectivity index (χ2v) is 8.76. The number of nitro benzene ring substituents is 1. The number of benzene rings is 3. The molecule has 3 aromatic carbocycles. The van der Waals surface area contributed by atoms with Gasteiger partial charge in [0.1, 0.15) is 6.61 Å². The number of cyclic esters (lactones) is 1. The molecule has 9 heteroatoms. The van der Waals surface area contributed by atoms with E-state index in [1.54, 1.807) is 37.3 Å². The lowest BCUT2D eigenvalue weighted by atomic mass is 10.1. The van der Waals surface area contributed by atoms with Crippen molar-refractivity contribution in [3.8, 4) is 11.5 Å². The lowest BCUT2D eigenvalue weighted by Gasteiger charge is -2.14. The van der Waals surface area contributed by atoms with Gasteiger partial charge in [-0.25, -0.2) is 9.79 Å². The number of nitro groups is 1. The molecule has 1 aliphatic rings. The zero-order valence-corrected chi connectivity index (χ0v) is 20.8. The molecule has 0 radical (unpaired) electrons. The number of esters is 1. The molecule has 35 heavy (non-hydrogen) atoms. The molecule has 0 spiro atoms. The van der Waals surface area contributed by atoms with E-state index < -0.39 is 10.9 Å². The fourth-order valence-electron chi connectivity index (χ4n) is 3.43. The highest BCUT2D eigenvalue weighted by Gasteiger charge is 2.26. The van der Waals surface area contributed by atoms with E-state index in [2.05, 4.69) is 20.9 Å². The number of aliphatic imine (C=N–C) groups is 1. The summed E-state index contributed by atoms with van der Waals surface area (Å²) in [6, 6.07) is 16.1. The number of rotatable bonds is 7. The van der Waals surface area contributed by atoms with Gasteiger partial charge < -0.3 is 14.2 Å². The number of carbonyl (C=O) groups excluding carboxylic acids is 1. The topological polar surface area (TPSA) is 100 Å². The molecule has 0 atom stereocenters. The number of hydrogen-bond donors (Lipinski definition) is 0. The van der Waals surface area contributed by atoms with Gasteiger partial charge in [-0.1, -0.05) is 35.9 Å². The predicted octanol–water partition coefficient (Wildman–Crippen LogP) is 5.91. The highest BCUT2D eigenvalue weighted by Crippen LogP contribution is 2.38. The van der Waals surface area contributed by atoms with E-state index in [1.165, 1.54) is 18.7 Å². The van der Waals surface area contributed by atoms with Crippen LogP contribution in [0.5, 0.6) is 11.5 Å². The van der Waals surface area contributed by atoms with Gasteiger partial charge in [0.2, 0.25) is 5.90 Å². The number of ether oxygens (including phenoxy) is 3. The summed E-state index contributed by atoms with van der Waals surface area (Å²) in [5.41, 5.74) is 3.64. The minimum Gasteiger partial charge on any atom is -0.493 e. The molecular formula is C26H21BrN2O6. The van der Waals surface area contributed by atoms with Gasteiger partial charge in [0.05, 0.1) is 16.5 Å². The lowest BCUT2D eigenvalue weighted by molar-refractivity contribution is -0.385. The maximum atomic E-state index is 12.4. The molecule has 0 amide bonds. The maximum Gasteiger partial charge on any atom is 0.363 e. The molecule has 3 aromatic rings. The Morgan fingerprint density at radius 3 is 2.54 bits per heavy atom. The molecular weight excluding hydrogens is 516 g/mol.